The Morgan fingerprint density at radius 3 is 2.61 bits per heavy atom. The molecule has 1 aromatic carbocycles. The average molecular weight is 313 g/mol. The van der Waals surface area contributed by atoms with Crippen molar-refractivity contribution in [2.75, 3.05) is 13.6 Å². The second-order valence-electron chi connectivity index (χ2n) is 5.88. The second-order valence-corrected chi connectivity index (χ2v) is 5.88. The molecule has 2 N–H and O–H groups in total. The van der Waals surface area contributed by atoms with Gasteiger partial charge in [0.15, 0.2) is 0 Å². The van der Waals surface area contributed by atoms with Gasteiger partial charge in [-0.05, 0) is 23.5 Å². The summed E-state index contributed by atoms with van der Waals surface area (Å²) in [6, 6.07) is 7.64. The van der Waals surface area contributed by atoms with Gasteiger partial charge in [-0.1, -0.05) is 32.0 Å². The Hall–Kier alpha value is -2.43. The number of hydrogen-bond donors (Lipinski definition) is 2. The molecule has 0 aliphatic carbocycles. The van der Waals surface area contributed by atoms with Crippen LogP contribution in [0.4, 0.5) is 0 Å². The summed E-state index contributed by atoms with van der Waals surface area (Å²) in [5.74, 6) is 0.323. The highest BCUT2D eigenvalue weighted by Crippen LogP contribution is 2.30. The minimum absolute atomic E-state index is 0.0259. The van der Waals surface area contributed by atoms with Crippen molar-refractivity contribution in [1.82, 2.24) is 15.6 Å². The number of carbonyl (C=O) groups is 2. The minimum Gasteiger partial charge on any atom is -0.356 e. The van der Waals surface area contributed by atoms with Gasteiger partial charge >= 0.3 is 0 Å². The van der Waals surface area contributed by atoms with E-state index < -0.39 is 0 Å². The lowest BCUT2D eigenvalue weighted by molar-refractivity contribution is -0.119. The van der Waals surface area contributed by atoms with Crippen LogP contribution in [0.3, 0.4) is 0 Å². The van der Waals surface area contributed by atoms with E-state index in [1.807, 2.05) is 18.2 Å². The predicted octanol–water partition coefficient (Wildman–Crippen LogP) is 2.47. The summed E-state index contributed by atoms with van der Waals surface area (Å²) in [5, 5.41) is 6.37. The van der Waals surface area contributed by atoms with Crippen molar-refractivity contribution in [3.63, 3.8) is 0 Å². The van der Waals surface area contributed by atoms with E-state index in [2.05, 4.69) is 29.5 Å². The van der Waals surface area contributed by atoms with E-state index in [1.165, 1.54) is 6.92 Å². The zero-order valence-corrected chi connectivity index (χ0v) is 14.0. The zero-order chi connectivity index (χ0) is 17.0. The fraction of sp³-hybridized carbons (Fsp3) is 0.389. The van der Waals surface area contributed by atoms with Crippen LogP contribution >= 0.6 is 0 Å². The first-order valence-electron chi connectivity index (χ1n) is 7.79. The molecule has 0 aliphatic rings. The normalized spacial score (nSPS) is 13.4. The molecule has 23 heavy (non-hydrogen) atoms. The lowest BCUT2D eigenvalue weighted by atomic mass is 9.87. The van der Waals surface area contributed by atoms with E-state index in [4.69, 9.17) is 0 Å². The number of nitrogens with one attached hydrogen (secondary N) is 2. The Morgan fingerprint density at radius 2 is 1.96 bits per heavy atom. The number of fused-ring (bicyclic) bond motifs is 1. The molecule has 2 amide bonds. The number of amides is 2. The average Bonchev–Trinajstić information content (AvgIpc) is 2.57. The molecule has 2 aromatic rings. The van der Waals surface area contributed by atoms with Crippen molar-refractivity contribution in [1.29, 1.82) is 0 Å². The van der Waals surface area contributed by atoms with Gasteiger partial charge in [-0.2, -0.15) is 0 Å². The van der Waals surface area contributed by atoms with Crippen molar-refractivity contribution in [3.8, 4) is 0 Å². The summed E-state index contributed by atoms with van der Waals surface area (Å²) < 4.78 is 0. The quantitative estimate of drug-likeness (QED) is 0.891. The Kier molecular flexibility index (Phi) is 5.32. The number of nitrogens with zero attached hydrogens (tertiary/aromatic N) is 1. The Balaban J connectivity index is 2.41. The number of hydrogen-bond acceptors (Lipinski definition) is 3. The molecular formula is C18H23N3O2. The first-order valence-corrected chi connectivity index (χ1v) is 7.79. The number of rotatable bonds is 5. The Morgan fingerprint density at radius 1 is 1.22 bits per heavy atom. The summed E-state index contributed by atoms with van der Waals surface area (Å²) in [7, 11) is 1.62. The maximum absolute atomic E-state index is 12.0. The minimum atomic E-state index is -0.117. The van der Waals surface area contributed by atoms with Crippen LogP contribution in [-0.4, -0.2) is 30.4 Å². The standard InChI is InChI=1S/C18H23N3O2/c1-11(10-21-13(3)22)12(2)14-6-5-7-15-16(18(23)19-4)8-9-20-17(14)15/h5-9,11-12H,10H2,1-4H3,(H,19,23)(H,21,22)/t11?,12-/m1/s1. The van der Waals surface area contributed by atoms with Gasteiger partial charge in [-0.25, -0.2) is 0 Å². The predicted molar refractivity (Wildman–Crippen MR) is 91.4 cm³/mol. The molecule has 5 heteroatoms. The van der Waals surface area contributed by atoms with Gasteiger partial charge in [0.1, 0.15) is 0 Å². The molecule has 0 bridgehead atoms. The first-order chi connectivity index (χ1) is 11.0. The molecule has 1 aromatic heterocycles. The van der Waals surface area contributed by atoms with Crippen molar-refractivity contribution in [2.24, 2.45) is 5.92 Å². The summed E-state index contributed by atoms with van der Waals surface area (Å²) in [4.78, 5) is 27.6. The van der Waals surface area contributed by atoms with Gasteiger partial charge in [-0.3, -0.25) is 14.6 Å². The van der Waals surface area contributed by atoms with E-state index >= 15 is 0 Å². The monoisotopic (exact) mass is 313 g/mol. The molecule has 5 nitrogen and oxygen atoms in total. The highest BCUT2D eigenvalue weighted by Gasteiger charge is 2.19. The van der Waals surface area contributed by atoms with Gasteiger partial charge < -0.3 is 10.6 Å². The van der Waals surface area contributed by atoms with Crippen molar-refractivity contribution in [2.45, 2.75) is 26.7 Å². The van der Waals surface area contributed by atoms with Crippen LogP contribution in [0.5, 0.6) is 0 Å². The lowest BCUT2D eigenvalue weighted by Crippen LogP contribution is -2.28. The summed E-state index contributed by atoms with van der Waals surface area (Å²) in [6.45, 7) is 6.35. The van der Waals surface area contributed by atoms with Gasteiger partial charge in [0.25, 0.3) is 5.91 Å². The Labute approximate surface area is 136 Å². The zero-order valence-electron chi connectivity index (χ0n) is 14.0. The molecule has 0 radical (unpaired) electrons. The van der Waals surface area contributed by atoms with E-state index in [9.17, 15) is 9.59 Å². The maximum Gasteiger partial charge on any atom is 0.251 e. The molecule has 1 unspecified atom stereocenters. The topological polar surface area (TPSA) is 71.1 Å². The van der Waals surface area contributed by atoms with Gasteiger partial charge in [0.05, 0.1) is 11.1 Å². The van der Waals surface area contributed by atoms with Crippen LogP contribution in [-0.2, 0) is 4.79 Å². The molecule has 0 aliphatic heterocycles. The largest absolute Gasteiger partial charge is 0.356 e. The first kappa shape index (κ1) is 16.9. The third kappa shape index (κ3) is 3.67. The van der Waals surface area contributed by atoms with E-state index in [1.54, 1.807) is 19.3 Å². The van der Waals surface area contributed by atoms with Crippen LogP contribution < -0.4 is 10.6 Å². The molecule has 2 atom stereocenters. The van der Waals surface area contributed by atoms with Crippen LogP contribution in [0, 0.1) is 5.92 Å². The highest BCUT2D eigenvalue weighted by molar-refractivity contribution is 6.06. The maximum atomic E-state index is 12.0. The fourth-order valence-corrected chi connectivity index (χ4v) is 2.69. The second kappa shape index (κ2) is 7.22. The lowest BCUT2D eigenvalue weighted by Gasteiger charge is -2.22. The molecule has 1 heterocycles. The van der Waals surface area contributed by atoms with Crippen molar-refractivity contribution in [3.05, 3.63) is 41.6 Å². The number of aromatic nitrogens is 1. The number of benzene rings is 1. The molecule has 0 saturated heterocycles. The molecule has 122 valence electrons. The van der Waals surface area contributed by atoms with Crippen LogP contribution in [0.15, 0.2) is 30.5 Å². The third-order valence-corrected chi connectivity index (χ3v) is 4.29. The molecule has 0 spiro atoms. The molecule has 0 saturated carbocycles. The van der Waals surface area contributed by atoms with E-state index in [0.29, 0.717) is 12.1 Å². The van der Waals surface area contributed by atoms with Gasteiger partial charge in [0, 0.05) is 32.1 Å². The van der Waals surface area contributed by atoms with E-state index in [-0.39, 0.29) is 23.7 Å². The summed E-state index contributed by atoms with van der Waals surface area (Å²) >= 11 is 0. The van der Waals surface area contributed by atoms with E-state index in [0.717, 1.165) is 16.5 Å². The smallest absolute Gasteiger partial charge is 0.251 e. The Bertz CT molecular complexity index is 727. The summed E-state index contributed by atoms with van der Waals surface area (Å²) in [6.07, 6.45) is 1.67. The SMILES string of the molecule is CNC(=O)c1ccnc2c([C@H](C)C(C)CNC(C)=O)cccc12. The highest BCUT2D eigenvalue weighted by atomic mass is 16.2. The number of pyridine rings is 1. The van der Waals surface area contributed by atoms with Crippen molar-refractivity contribution >= 4 is 22.7 Å². The molecule has 0 fully saturated rings. The van der Waals surface area contributed by atoms with Crippen LogP contribution in [0.2, 0.25) is 0 Å². The number of carbonyl (C=O) groups excluding carboxylic acids is 2. The fourth-order valence-electron chi connectivity index (χ4n) is 2.69. The van der Waals surface area contributed by atoms with Gasteiger partial charge in [0.2, 0.25) is 5.91 Å². The van der Waals surface area contributed by atoms with Crippen LogP contribution in [0.25, 0.3) is 10.9 Å². The third-order valence-electron chi connectivity index (χ3n) is 4.29. The van der Waals surface area contributed by atoms with Crippen LogP contribution in [0.1, 0.15) is 42.6 Å². The van der Waals surface area contributed by atoms with Crippen molar-refractivity contribution < 1.29 is 9.59 Å². The summed E-state index contributed by atoms with van der Waals surface area (Å²) in [5.41, 5.74) is 2.56. The van der Waals surface area contributed by atoms with Gasteiger partial charge in [-0.15, -0.1) is 0 Å². The number of para-hydroxylation sites is 1. The molecular weight excluding hydrogens is 290 g/mol. The molecule has 2 rings (SSSR count).